The molecule has 0 radical (unpaired) electrons. The molecule has 0 aliphatic carbocycles. The van der Waals surface area contributed by atoms with Gasteiger partial charge in [0.25, 0.3) is 0 Å². The van der Waals surface area contributed by atoms with Crippen molar-refractivity contribution in [3.05, 3.63) is 58.4 Å². The van der Waals surface area contributed by atoms with Crippen LogP contribution >= 0.6 is 0 Å². The number of nitrogens with two attached hydrogens (primary N) is 1. The molecular formula is C19H20F3N3O4. The predicted octanol–water partition coefficient (Wildman–Crippen LogP) is 2.88. The van der Waals surface area contributed by atoms with Gasteiger partial charge in [0.15, 0.2) is 6.61 Å². The Morgan fingerprint density at radius 1 is 1.14 bits per heavy atom. The fourth-order valence-corrected chi connectivity index (χ4v) is 2.75. The zero-order chi connectivity index (χ0) is 21.8. The minimum absolute atomic E-state index is 0.0763. The lowest BCUT2D eigenvalue weighted by Gasteiger charge is -2.12. The number of amides is 2. The molecule has 0 aliphatic rings. The number of urea groups is 1. The lowest BCUT2D eigenvalue weighted by molar-refractivity contribution is -0.141. The molecule has 0 fully saturated rings. The van der Waals surface area contributed by atoms with Crippen LogP contribution < -0.4 is 11.1 Å². The molecule has 29 heavy (non-hydrogen) atoms. The largest absolute Gasteiger partial charge is 0.454 e. The summed E-state index contributed by atoms with van der Waals surface area (Å²) < 4.78 is 44.0. The van der Waals surface area contributed by atoms with E-state index in [0.717, 1.165) is 4.57 Å². The first kappa shape index (κ1) is 22.0. The van der Waals surface area contributed by atoms with Gasteiger partial charge in [-0.1, -0.05) is 12.1 Å². The molecule has 2 amide bonds. The maximum atomic E-state index is 12.7. The van der Waals surface area contributed by atoms with Gasteiger partial charge in [-0.15, -0.1) is 0 Å². The van der Waals surface area contributed by atoms with Gasteiger partial charge in [0.2, 0.25) is 5.78 Å². The van der Waals surface area contributed by atoms with Crippen LogP contribution in [0, 0.1) is 13.8 Å². The van der Waals surface area contributed by atoms with Crippen LogP contribution in [0.5, 0.6) is 0 Å². The Labute approximate surface area is 164 Å². The summed E-state index contributed by atoms with van der Waals surface area (Å²) in [6.45, 7) is 1.27. The van der Waals surface area contributed by atoms with Crippen molar-refractivity contribution in [2.75, 3.05) is 6.61 Å². The Kier molecular flexibility index (Phi) is 6.68. The highest BCUT2D eigenvalue weighted by atomic mass is 19.4. The molecule has 1 heterocycles. The summed E-state index contributed by atoms with van der Waals surface area (Å²) in [4.78, 5) is 35.1. The van der Waals surface area contributed by atoms with Gasteiger partial charge in [0.1, 0.15) is 6.54 Å². The van der Waals surface area contributed by atoms with Crippen LogP contribution in [0.3, 0.4) is 0 Å². The zero-order valence-electron chi connectivity index (χ0n) is 15.8. The average Bonchev–Trinajstić information content (AvgIpc) is 2.91. The Morgan fingerprint density at radius 2 is 1.76 bits per heavy atom. The molecule has 0 unspecified atom stereocenters. The number of alkyl halides is 3. The van der Waals surface area contributed by atoms with Crippen LogP contribution in [0.25, 0.3) is 0 Å². The maximum Gasteiger partial charge on any atom is 0.406 e. The molecule has 1 aromatic heterocycles. The third kappa shape index (κ3) is 6.09. The van der Waals surface area contributed by atoms with Crippen LogP contribution in [0.15, 0.2) is 30.3 Å². The summed E-state index contributed by atoms with van der Waals surface area (Å²) in [5, 5.41) is 2.40. The second-order valence-corrected chi connectivity index (χ2v) is 6.40. The van der Waals surface area contributed by atoms with E-state index in [1.165, 1.54) is 32.0 Å². The van der Waals surface area contributed by atoms with Gasteiger partial charge in [-0.05, 0) is 37.6 Å². The minimum atomic E-state index is -4.42. The number of nitrogens with one attached hydrogen (secondary N) is 1. The maximum absolute atomic E-state index is 12.7. The number of carbonyl (C=O) groups is 3. The summed E-state index contributed by atoms with van der Waals surface area (Å²) in [6, 6.07) is 6.75. The summed E-state index contributed by atoms with van der Waals surface area (Å²) in [6.07, 6.45) is -4.42. The highest BCUT2D eigenvalue weighted by Gasteiger charge is 2.30. The van der Waals surface area contributed by atoms with Gasteiger partial charge in [-0.2, -0.15) is 13.2 Å². The molecule has 10 heteroatoms. The lowest BCUT2D eigenvalue weighted by Crippen LogP contribution is -2.28. The van der Waals surface area contributed by atoms with Crippen molar-refractivity contribution < 1.29 is 32.3 Å². The number of ketones is 1. The van der Waals surface area contributed by atoms with Crippen molar-refractivity contribution in [3.63, 3.8) is 0 Å². The number of Topliss-reactive ketones (excluding diaryl/α,β-unsaturated/α-hetero) is 1. The van der Waals surface area contributed by atoms with Gasteiger partial charge in [0.05, 0.1) is 5.56 Å². The number of hydrogen-bond acceptors (Lipinski definition) is 4. The number of nitrogens with zero attached hydrogens (tertiary/aromatic N) is 1. The van der Waals surface area contributed by atoms with E-state index >= 15 is 0 Å². The molecule has 3 N–H and O–H groups in total. The number of primary amides is 1. The first-order valence-corrected chi connectivity index (χ1v) is 8.54. The third-order valence-corrected chi connectivity index (χ3v) is 4.20. The second kappa shape index (κ2) is 8.80. The van der Waals surface area contributed by atoms with Gasteiger partial charge in [0, 0.05) is 23.5 Å². The van der Waals surface area contributed by atoms with E-state index in [-0.39, 0.29) is 29.1 Å². The molecule has 2 rings (SSSR count). The van der Waals surface area contributed by atoms with Gasteiger partial charge in [-0.25, -0.2) is 9.59 Å². The zero-order valence-corrected chi connectivity index (χ0v) is 15.8. The number of esters is 1. The molecule has 2 aromatic rings. The van der Waals surface area contributed by atoms with E-state index in [1.807, 2.05) is 0 Å². The van der Waals surface area contributed by atoms with Crippen LogP contribution in [0.4, 0.5) is 18.0 Å². The number of aromatic nitrogens is 1. The highest BCUT2D eigenvalue weighted by Crippen LogP contribution is 2.23. The van der Waals surface area contributed by atoms with Crippen molar-refractivity contribution in [3.8, 4) is 0 Å². The molecule has 0 aliphatic heterocycles. The summed E-state index contributed by atoms with van der Waals surface area (Å²) >= 11 is 0. The SMILES string of the molecule is Cc1cc(C(=O)COC(=O)c2ccc(CNC(N)=O)cc2)c(C)n1CC(F)(F)F. The van der Waals surface area contributed by atoms with Gasteiger partial charge < -0.3 is 20.4 Å². The monoisotopic (exact) mass is 411 g/mol. The van der Waals surface area contributed by atoms with E-state index in [2.05, 4.69) is 5.32 Å². The average molecular weight is 411 g/mol. The molecule has 7 nitrogen and oxygen atoms in total. The molecule has 0 atom stereocenters. The highest BCUT2D eigenvalue weighted by molar-refractivity contribution is 6.00. The number of hydrogen-bond donors (Lipinski definition) is 2. The Bertz CT molecular complexity index is 918. The summed E-state index contributed by atoms with van der Waals surface area (Å²) in [5.41, 5.74) is 6.38. The Morgan fingerprint density at radius 3 is 2.31 bits per heavy atom. The number of carbonyl (C=O) groups excluding carboxylic acids is 3. The Balaban J connectivity index is 1.99. The number of rotatable bonds is 7. The van der Waals surface area contributed by atoms with Crippen molar-refractivity contribution in [1.82, 2.24) is 9.88 Å². The number of ether oxygens (including phenoxy) is 1. The topological polar surface area (TPSA) is 103 Å². The van der Waals surface area contributed by atoms with Crippen LogP contribution in [-0.2, 0) is 17.8 Å². The molecule has 156 valence electrons. The molecule has 0 bridgehead atoms. The molecule has 0 spiro atoms. The van der Waals surface area contributed by atoms with Crippen molar-refractivity contribution >= 4 is 17.8 Å². The molecule has 0 saturated carbocycles. The minimum Gasteiger partial charge on any atom is -0.454 e. The number of halogens is 3. The van der Waals surface area contributed by atoms with Crippen LogP contribution in [-0.4, -0.2) is 35.1 Å². The fraction of sp³-hybridized carbons (Fsp3) is 0.316. The van der Waals surface area contributed by atoms with E-state index in [4.69, 9.17) is 10.5 Å². The van der Waals surface area contributed by atoms with Crippen molar-refractivity contribution in [1.29, 1.82) is 0 Å². The quantitative estimate of drug-likeness (QED) is 0.540. The standard InChI is InChI=1S/C19H20F3N3O4/c1-11-7-15(12(2)25(11)10-19(20,21)22)16(26)9-29-17(27)14-5-3-13(4-6-14)8-24-18(23)28/h3-7H,8-10H2,1-2H3,(H3,23,24,28). The van der Waals surface area contributed by atoms with E-state index < -0.39 is 37.1 Å². The first-order valence-electron chi connectivity index (χ1n) is 8.54. The Hall–Kier alpha value is -3.30. The van der Waals surface area contributed by atoms with Gasteiger partial charge in [-0.3, -0.25) is 4.79 Å². The predicted molar refractivity (Wildman–Crippen MR) is 97.4 cm³/mol. The molecular weight excluding hydrogens is 391 g/mol. The fourth-order valence-electron chi connectivity index (χ4n) is 2.75. The smallest absolute Gasteiger partial charge is 0.406 e. The normalized spacial score (nSPS) is 11.2. The van der Waals surface area contributed by atoms with Crippen molar-refractivity contribution in [2.24, 2.45) is 5.73 Å². The van der Waals surface area contributed by atoms with E-state index in [1.54, 1.807) is 12.1 Å². The molecule has 0 saturated heterocycles. The lowest BCUT2D eigenvalue weighted by atomic mass is 10.1. The van der Waals surface area contributed by atoms with Crippen LogP contribution in [0.2, 0.25) is 0 Å². The van der Waals surface area contributed by atoms with E-state index in [0.29, 0.717) is 5.56 Å². The van der Waals surface area contributed by atoms with E-state index in [9.17, 15) is 27.6 Å². The third-order valence-electron chi connectivity index (χ3n) is 4.20. The summed E-state index contributed by atoms with van der Waals surface area (Å²) in [5.74, 6) is -1.35. The second-order valence-electron chi connectivity index (χ2n) is 6.40. The van der Waals surface area contributed by atoms with Gasteiger partial charge >= 0.3 is 18.2 Å². The number of aryl methyl sites for hydroxylation is 1. The first-order chi connectivity index (χ1) is 13.5. The number of benzene rings is 1. The van der Waals surface area contributed by atoms with Crippen LogP contribution in [0.1, 0.15) is 37.7 Å². The van der Waals surface area contributed by atoms with Crippen molar-refractivity contribution in [2.45, 2.75) is 33.1 Å². The summed E-state index contributed by atoms with van der Waals surface area (Å²) in [7, 11) is 0. The molecule has 1 aromatic carbocycles.